The van der Waals surface area contributed by atoms with E-state index in [0.717, 1.165) is 11.1 Å². The molecule has 6 heteroatoms. The largest absolute Gasteiger partial charge is 0.418 e. The van der Waals surface area contributed by atoms with Crippen LogP contribution in [0.25, 0.3) is 11.5 Å². The van der Waals surface area contributed by atoms with Crippen LogP contribution >= 0.6 is 0 Å². The van der Waals surface area contributed by atoms with E-state index in [-0.39, 0.29) is 11.8 Å². The second-order valence-corrected chi connectivity index (χ2v) is 6.14. The van der Waals surface area contributed by atoms with Gasteiger partial charge < -0.3 is 9.73 Å². The topological polar surface area (TPSA) is 68.0 Å². The van der Waals surface area contributed by atoms with E-state index in [1.165, 1.54) is 24.3 Å². The monoisotopic (exact) mass is 373 g/mol. The summed E-state index contributed by atoms with van der Waals surface area (Å²) < 4.78 is 19.0. The number of carbonyl (C=O) groups excluding carboxylic acids is 1. The van der Waals surface area contributed by atoms with Crippen LogP contribution in [0.2, 0.25) is 0 Å². The molecule has 0 aliphatic rings. The van der Waals surface area contributed by atoms with E-state index in [4.69, 9.17) is 4.42 Å². The van der Waals surface area contributed by atoms with E-state index in [0.29, 0.717) is 11.5 Å². The van der Waals surface area contributed by atoms with Crippen molar-refractivity contribution >= 4 is 5.91 Å². The average molecular weight is 373 g/mol. The molecule has 3 aromatic carbocycles. The molecular weight excluding hydrogens is 357 g/mol. The highest BCUT2D eigenvalue weighted by molar-refractivity contribution is 5.94. The van der Waals surface area contributed by atoms with E-state index in [1.54, 1.807) is 0 Å². The van der Waals surface area contributed by atoms with Gasteiger partial charge in [-0.05, 0) is 42.0 Å². The lowest BCUT2D eigenvalue weighted by Gasteiger charge is -2.15. The second-order valence-electron chi connectivity index (χ2n) is 6.14. The summed E-state index contributed by atoms with van der Waals surface area (Å²) >= 11 is 0. The molecule has 138 valence electrons. The van der Waals surface area contributed by atoms with Gasteiger partial charge in [-0.15, -0.1) is 10.2 Å². The average Bonchev–Trinajstić information content (AvgIpc) is 3.23. The normalized spacial score (nSPS) is 11.8. The molecule has 1 amide bonds. The highest BCUT2D eigenvalue weighted by atomic mass is 19.1. The lowest BCUT2D eigenvalue weighted by Crippen LogP contribution is -2.29. The third-order valence-corrected chi connectivity index (χ3v) is 4.22. The van der Waals surface area contributed by atoms with Gasteiger partial charge in [-0.1, -0.05) is 48.5 Å². The Morgan fingerprint density at radius 2 is 1.50 bits per heavy atom. The molecule has 0 saturated carbocycles. The van der Waals surface area contributed by atoms with Gasteiger partial charge in [-0.2, -0.15) is 0 Å². The van der Waals surface area contributed by atoms with Crippen LogP contribution in [-0.4, -0.2) is 16.1 Å². The summed E-state index contributed by atoms with van der Waals surface area (Å²) in [5.74, 6) is -0.137. The number of carbonyl (C=O) groups is 1. The number of amides is 1. The Kier molecular flexibility index (Phi) is 4.93. The van der Waals surface area contributed by atoms with Crippen molar-refractivity contribution in [2.45, 2.75) is 6.04 Å². The smallest absolute Gasteiger partial charge is 0.252 e. The van der Waals surface area contributed by atoms with Gasteiger partial charge in [0.25, 0.3) is 5.91 Å². The molecule has 0 saturated heterocycles. The lowest BCUT2D eigenvalue weighted by molar-refractivity contribution is 0.0938. The molecule has 0 bridgehead atoms. The van der Waals surface area contributed by atoms with Crippen molar-refractivity contribution < 1.29 is 13.6 Å². The molecule has 1 heterocycles. The zero-order chi connectivity index (χ0) is 19.3. The summed E-state index contributed by atoms with van der Waals surface area (Å²) in [6.07, 6.45) is 0. The Bertz CT molecular complexity index is 1060. The molecule has 0 aliphatic carbocycles. The van der Waals surface area contributed by atoms with Gasteiger partial charge in [0.2, 0.25) is 11.8 Å². The first-order valence-electron chi connectivity index (χ1n) is 8.71. The van der Waals surface area contributed by atoms with Crippen molar-refractivity contribution in [3.63, 3.8) is 0 Å². The van der Waals surface area contributed by atoms with Gasteiger partial charge in [-0.3, -0.25) is 4.79 Å². The first-order valence-corrected chi connectivity index (χ1v) is 8.71. The van der Waals surface area contributed by atoms with Gasteiger partial charge in [-0.25, -0.2) is 4.39 Å². The summed E-state index contributed by atoms with van der Waals surface area (Å²) in [5.41, 5.74) is 1.92. The van der Waals surface area contributed by atoms with Crippen LogP contribution < -0.4 is 5.32 Å². The van der Waals surface area contributed by atoms with Crippen LogP contribution in [0.3, 0.4) is 0 Å². The SMILES string of the molecule is O=C(N[C@H](c1ccccc1)c1nnc(-c2ccccc2)o1)c1ccc(F)cc1. The third kappa shape index (κ3) is 3.81. The molecule has 28 heavy (non-hydrogen) atoms. The van der Waals surface area contributed by atoms with Crippen LogP contribution in [0, 0.1) is 5.82 Å². The molecule has 0 aliphatic heterocycles. The van der Waals surface area contributed by atoms with Gasteiger partial charge in [0.1, 0.15) is 11.9 Å². The van der Waals surface area contributed by atoms with Gasteiger partial charge in [0, 0.05) is 11.1 Å². The highest BCUT2D eigenvalue weighted by Gasteiger charge is 2.24. The predicted molar refractivity (Wildman–Crippen MR) is 102 cm³/mol. The van der Waals surface area contributed by atoms with Gasteiger partial charge in [0.15, 0.2) is 0 Å². The third-order valence-electron chi connectivity index (χ3n) is 4.22. The summed E-state index contributed by atoms with van der Waals surface area (Å²) in [5, 5.41) is 11.1. The van der Waals surface area contributed by atoms with Crippen LogP contribution in [0.1, 0.15) is 27.9 Å². The van der Waals surface area contributed by atoms with Crippen LogP contribution in [0.4, 0.5) is 4.39 Å². The second kappa shape index (κ2) is 7.84. The molecule has 0 spiro atoms. The molecule has 5 nitrogen and oxygen atoms in total. The van der Waals surface area contributed by atoms with Crippen molar-refractivity contribution in [3.8, 4) is 11.5 Å². The summed E-state index contributed by atoms with van der Waals surface area (Å²) in [6.45, 7) is 0. The number of aromatic nitrogens is 2. The first-order chi connectivity index (χ1) is 13.7. The Labute approximate surface area is 160 Å². The molecule has 1 N–H and O–H groups in total. The number of hydrogen-bond donors (Lipinski definition) is 1. The van der Waals surface area contributed by atoms with Crippen molar-refractivity contribution in [1.29, 1.82) is 0 Å². The number of halogens is 1. The lowest BCUT2D eigenvalue weighted by atomic mass is 10.1. The molecule has 1 aromatic heterocycles. The fraction of sp³-hybridized carbons (Fsp3) is 0.0455. The molecule has 1 atom stereocenters. The molecule has 0 unspecified atom stereocenters. The maximum Gasteiger partial charge on any atom is 0.252 e. The Morgan fingerprint density at radius 1 is 0.857 bits per heavy atom. The van der Waals surface area contributed by atoms with Crippen molar-refractivity contribution in [3.05, 3.63) is 108 Å². The number of hydrogen-bond acceptors (Lipinski definition) is 4. The molecular formula is C22H16FN3O2. The minimum Gasteiger partial charge on any atom is -0.418 e. The zero-order valence-corrected chi connectivity index (χ0v) is 14.7. The fourth-order valence-electron chi connectivity index (χ4n) is 2.80. The van der Waals surface area contributed by atoms with E-state index in [1.807, 2.05) is 60.7 Å². The van der Waals surface area contributed by atoms with Crippen molar-refractivity contribution in [1.82, 2.24) is 15.5 Å². The van der Waals surface area contributed by atoms with Crippen LogP contribution in [-0.2, 0) is 0 Å². The Hall–Kier alpha value is -3.80. The standard InChI is InChI=1S/C22H16FN3O2/c23-18-13-11-16(12-14-18)20(27)24-19(15-7-3-1-4-8-15)22-26-25-21(28-22)17-9-5-2-6-10-17/h1-14,19H,(H,24,27)/t19-/m1/s1. The Morgan fingerprint density at radius 3 is 2.18 bits per heavy atom. The predicted octanol–water partition coefficient (Wildman–Crippen LogP) is 4.40. The molecule has 4 aromatic rings. The number of nitrogens with one attached hydrogen (secondary N) is 1. The molecule has 0 radical (unpaired) electrons. The van der Waals surface area contributed by atoms with Crippen molar-refractivity contribution in [2.24, 2.45) is 0 Å². The Balaban J connectivity index is 1.66. The fourth-order valence-corrected chi connectivity index (χ4v) is 2.80. The number of nitrogens with zero attached hydrogens (tertiary/aromatic N) is 2. The van der Waals surface area contributed by atoms with E-state index in [9.17, 15) is 9.18 Å². The number of benzene rings is 3. The maximum absolute atomic E-state index is 13.1. The molecule has 0 fully saturated rings. The minimum absolute atomic E-state index is 0.264. The summed E-state index contributed by atoms with van der Waals surface area (Å²) in [7, 11) is 0. The van der Waals surface area contributed by atoms with Gasteiger partial charge in [0.05, 0.1) is 0 Å². The highest BCUT2D eigenvalue weighted by Crippen LogP contribution is 2.25. The van der Waals surface area contributed by atoms with E-state index >= 15 is 0 Å². The zero-order valence-electron chi connectivity index (χ0n) is 14.7. The quantitative estimate of drug-likeness (QED) is 0.563. The minimum atomic E-state index is -0.635. The molecule has 4 rings (SSSR count). The van der Waals surface area contributed by atoms with E-state index < -0.39 is 11.9 Å². The number of rotatable bonds is 5. The van der Waals surface area contributed by atoms with Crippen LogP contribution in [0.5, 0.6) is 0 Å². The van der Waals surface area contributed by atoms with Crippen molar-refractivity contribution in [2.75, 3.05) is 0 Å². The van der Waals surface area contributed by atoms with Gasteiger partial charge >= 0.3 is 0 Å². The maximum atomic E-state index is 13.1. The summed E-state index contributed by atoms with van der Waals surface area (Å²) in [6, 6.07) is 23.4. The van der Waals surface area contributed by atoms with Crippen LogP contribution in [0.15, 0.2) is 89.3 Å². The van der Waals surface area contributed by atoms with E-state index in [2.05, 4.69) is 15.5 Å². The summed E-state index contributed by atoms with van der Waals surface area (Å²) in [4.78, 5) is 12.7. The first kappa shape index (κ1) is 17.6.